The molecule has 87 heavy (non-hydrogen) atoms. The summed E-state index contributed by atoms with van der Waals surface area (Å²) in [6, 6.07) is 8.50. The van der Waals surface area contributed by atoms with Crippen LogP contribution in [0.25, 0.3) is 32.9 Å². The second kappa shape index (κ2) is 27.7. The molecule has 7 N–H and O–H groups in total. The average molecular weight is 1230 g/mol. The van der Waals surface area contributed by atoms with Crippen molar-refractivity contribution in [2.75, 3.05) is 42.9 Å². The average Bonchev–Trinajstić information content (AvgIpc) is 1.98. The van der Waals surface area contributed by atoms with Crippen molar-refractivity contribution >= 4 is 57.6 Å². The molecule has 2 aromatic carbocycles. The van der Waals surface area contributed by atoms with E-state index in [2.05, 4.69) is 45.6 Å². The van der Waals surface area contributed by atoms with Crippen molar-refractivity contribution in [3.8, 4) is 27.4 Å². The summed E-state index contributed by atoms with van der Waals surface area (Å²) in [4.78, 5) is 82.6. The SMILES string of the molecule is Cc1ncsc1-c1ccc(CNC(=O)[C@@H]2C[C@@H](O)CN2C(=O)[C@@H](NC(=O)CCCCCCC(=O)N2CCC(Nc3ncnc4c3ncn4Cc3cc(-c4cc(F)c(OC(F)F)cc4F)ncc3N3CCC[C@](N)([C@@H](O)C(F)F)C3)CC2)C(C)(C)C)cc1. The molecule has 5 atom stereocenters. The number of carbonyl (C=O) groups is 4. The first-order valence-corrected chi connectivity index (χ1v) is 30.0. The molecule has 6 aromatic rings. The van der Waals surface area contributed by atoms with Crippen molar-refractivity contribution in [1.29, 1.82) is 0 Å². The van der Waals surface area contributed by atoms with E-state index in [0.717, 1.165) is 21.7 Å². The number of pyridine rings is 1. The van der Waals surface area contributed by atoms with Crippen molar-refractivity contribution in [3.05, 3.63) is 95.3 Å². The van der Waals surface area contributed by atoms with Gasteiger partial charge in [-0.25, -0.2) is 37.5 Å². The van der Waals surface area contributed by atoms with E-state index in [-0.39, 0.29) is 80.5 Å². The molecule has 4 aromatic heterocycles. The maximum Gasteiger partial charge on any atom is 0.387 e. The quantitative estimate of drug-likeness (QED) is 0.0265. The van der Waals surface area contributed by atoms with E-state index in [4.69, 9.17) is 5.73 Å². The summed E-state index contributed by atoms with van der Waals surface area (Å²) >= 11 is 1.55. The minimum Gasteiger partial charge on any atom is -0.432 e. The summed E-state index contributed by atoms with van der Waals surface area (Å²) in [7, 11) is 0. The van der Waals surface area contributed by atoms with E-state index >= 15 is 4.39 Å². The van der Waals surface area contributed by atoms with Crippen LogP contribution in [0.5, 0.6) is 5.75 Å². The minimum atomic E-state index is -3.40. The molecule has 0 unspecified atom stereocenters. The van der Waals surface area contributed by atoms with Gasteiger partial charge >= 0.3 is 6.61 Å². The molecule has 20 nitrogen and oxygen atoms in total. The number of rotatable bonds is 23. The van der Waals surface area contributed by atoms with E-state index in [9.17, 15) is 51.3 Å². The van der Waals surface area contributed by atoms with Crippen molar-refractivity contribution < 1.29 is 60.5 Å². The highest BCUT2D eigenvalue weighted by molar-refractivity contribution is 7.13. The number of thiazole rings is 1. The minimum absolute atomic E-state index is 0.0144. The number of aliphatic hydroxyl groups excluding tert-OH is 2. The van der Waals surface area contributed by atoms with Gasteiger partial charge in [-0.3, -0.25) is 24.2 Å². The third-order valence-electron chi connectivity index (χ3n) is 16.4. The zero-order chi connectivity index (χ0) is 62.3. The fourth-order valence-electron chi connectivity index (χ4n) is 11.6. The molecule has 3 saturated heterocycles. The van der Waals surface area contributed by atoms with Gasteiger partial charge in [0.05, 0.1) is 58.2 Å². The number of imidazole rings is 1. The number of anilines is 2. The summed E-state index contributed by atoms with van der Waals surface area (Å²) in [5.41, 5.74) is 9.78. The molecule has 468 valence electrons. The summed E-state index contributed by atoms with van der Waals surface area (Å²) in [5.74, 6) is -4.03. The summed E-state index contributed by atoms with van der Waals surface area (Å²) < 4.78 is 89.7. The van der Waals surface area contributed by atoms with Crippen LogP contribution in [0.3, 0.4) is 0 Å². The van der Waals surface area contributed by atoms with Gasteiger partial charge in [0.15, 0.2) is 23.0 Å². The van der Waals surface area contributed by atoms with Gasteiger partial charge in [-0.2, -0.15) is 8.78 Å². The lowest BCUT2D eigenvalue weighted by Gasteiger charge is -2.44. The van der Waals surface area contributed by atoms with Crippen LogP contribution in [0.1, 0.15) is 108 Å². The summed E-state index contributed by atoms with van der Waals surface area (Å²) in [6.45, 7) is 5.37. The van der Waals surface area contributed by atoms with Crippen LogP contribution in [0.2, 0.25) is 0 Å². The first-order chi connectivity index (χ1) is 41.5. The van der Waals surface area contributed by atoms with Crippen LogP contribution in [0, 0.1) is 24.0 Å². The molecule has 0 aliphatic carbocycles. The molecule has 7 heterocycles. The molecule has 4 amide bonds. The molecule has 0 radical (unpaired) electrons. The monoisotopic (exact) mass is 1230 g/mol. The molecule has 3 aliphatic heterocycles. The van der Waals surface area contributed by atoms with Crippen molar-refractivity contribution in [2.45, 2.75) is 160 Å². The predicted molar refractivity (Wildman–Crippen MR) is 314 cm³/mol. The molecule has 3 fully saturated rings. The number of hydrogen-bond donors (Lipinski definition) is 6. The number of likely N-dealkylation sites (tertiary alicyclic amines) is 2. The van der Waals surface area contributed by atoms with Gasteiger partial charge in [0.1, 0.15) is 35.8 Å². The number of unbranched alkanes of at least 4 members (excludes halogenated alkanes) is 3. The lowest BCUT2D eigenvalue weighted by Crippen LogP contribution is -2.63. The second-order valence-corrected chi connectivity index (χ2v) is 24.7. The summed E-state index contributed by atoms with van der Waals surface area (Å²) in [5, 5.41) is 30.4. The molecule has 0 spiro atoms. The molecular formula is C60H73F6N13O7S. The number of nitrogens with zero attached hydrogens (tertiary/aromatic N) is 9. The largest absolute Gasteiger partial charge is 0.432 e. The third kappa shape index (κ3) is 15.4. The van der Waals surface area contributed by atoms with Crippen LogP contribution in [0.15, 0.2) is 66.8 Å². The Bertz CT molecular complexity index is 3400. The fourth-order valence-corrected chi connectivity index (χ4v) is 12.4. The Morgan fingerprint density at radius 1 is 0.920 bits per heavy atom. The topological polar surface area (TPSA) is 259 Å². The van der Waals surface area contributed by atoms with E-state index in [0.29, 0.717) is 111 Å². The Morgan fingerprint density at radius 2 is 1.66 bits per heavy atom. The Labute approximate surface area is 503 Å². The van der Waals surface area contributed by atoms with Crippen molar-refractivity contribution in [3.63, 3.8) is 0 Å². The van der Waals surface area contributed by atoms with Gasteiger partial charge in [-0.05, 0) is 79.7 Å². The maximum absolute atomic E-state index is 15.5. The van der Waals surface area contributed by atoms with Gasteiger partial charge in [0, 0.05) is 76.2 Å². The molecule has 3 aliphatic rings. The Kier molecular flexibility index (Phi) is 20.4. The van der Waals surface area contributed by atoms with Crippen molar-refractivity contribution in [2.24, 2.45) is 11.1 Å². The zero-order valence-electron chi connectivity index (χ0n) is 48.8. The van der Waals surface area contributed by atoms with Crippen LogP contribution in [0.4, 0.5) is 37.8 Å². The van der Waals surface area contributed by atoms with E-state index < -0.39 is 71.6 Å². The van der Waals surface area contributed by atoms with Gasteiger partial charge < -0.3 is 55.9 Å². The number of nitrogens with one attached hydrogen (secondary N) is 3. The number of piperidine rings is 2. The number of aliphatic hydroxyl groups is 2. The normalized spacial score (nSPS) is 19.2. The molecule has 9 rings (SSSR count). The lowest BCUT2D eigenvalue weighted by atomic mass is 9.84. The fraction of sp³-hybridized carbons (Fsp3) is 0.517. The molecule has 0 bridgehead atoms. The number of aromatic nitrogens is 6. The van der Waals surface area contributed by atoms with Crippen LogP contribution in [-0.4, -0.2) is 155 Å². The number of ether oxygens (including phenoxy) is 1. The van der Waals surface area contributed by atoms with Crippen LogP contribution in [-0.2, 0) is 32.3 Å². The number of aryl methyl sites for hydroxylation is 1. The van der Waals surface area contributed by atoms with Crippen LogP contribution < -0.4 is 31.3 Å². The number of halogens is 6. The first-order valence-electron chi connectivity index (χ1n) is 29.1. The Morgan fingerprint density at radius 3 is 2.34 bits per heavy atom. The number of carbonyl (C=O) groups excluding carboxylic acids is 4. The third-order valence-corrected chi connectivity index (χ3v) is 17.4. The van der Waals surface area contributed by atoms with Crippen molar-refractivity contribution in [1.82, 2.24) is 49.9 Å². The molecular weight excluding hydrogens is 1160 g/mol. The predicted octanol–water partition coefficient (Wildman–Crippen LogP) is 7.72. The highest BCUT2D eigenvalue weighted by Gasteiger charge is 2.45. The lowest BCUT2D eigenvalue weighted by molar-refractivity contribution is -0.144. The second-order valence-electron chi connectivity index (χ2n) is 23.8. The van der Waals surface area contributed by atoms with Gasteiger partial charge in [-0.15, -0.1) is 11.3 Å². The highest BCUT2D eigenvalue weighted by Crippen LogP contribution is 2.36. The number of amides is 4. The Balaban J connectivity index is 0.741. The Hall–Kier alpha value is -7.49. The number of nitrogens with two attached hydrogens (primary N) is 1. The maximum atomic E-state index is 15.5. The van der Waals surface area contributed by atoms with E-state index in [1.807, 2.05) is 56.9 Å². The van der Waals surface area contributed by atoms with Gasteiger partial charge in [0.2, 0.25) is 23.6 Å². The van der Waals surface area contributed by atoms with E-state index in [1.54, 1.807) is 26.3 Å². The first kappa shape index (κ1) is 64.0. The smallest absolute Gasteiger partial charge is 0.387 e. The van der Waals surface area contributed by atoms with Crippen LogP contribution >= 0.6 is 11.3 Å². The van der Waals surface area contributed by atoms with E-state index in [1.165, 1.54) is 29.8 Å². The van der Waals surface area contributed by atoms with Gasteiger partial charge in [-0.1, -0.05) is 57.9 Å². The summed E-state index contributed by atoms with van der Waals surface area (Å²) in [6.07, 6.45) is 2.85. The highest BCUT2D eigenvalue weighted by atomic mass is 32.1. The number of β-amino-alcohol motifs (C(OH)–C–C–N with tert-alkyl or cyclic N) is 1. The van der Waals surface area contributed by atoms with Gasteiger partial charge in [0.25, 0.3) is 6.43 Å². The molecule has 27 heteroatoms. The standard InChI is InChI=1S/C60H73F6N13O7S/c1-34-50(87-33-73-34)36-14-12-35(13-15-36)26-69-56(84)44-23-39(80)29-79(44)57(85)51(59(2,3)4)75-47(81)10-7-5-6-8-11-48(82)76-20-16-38(17-21-76)74-54-49-55(71-31-70-54)78(32-72-49)28-37-22-43(40-24-42(62)46(25-41(40)61)86-58(65)66)68-27-45(37)77-19-9-18-60(67,30-77)52(83)53(63)64/h12-15,22,24-25,27,31-33,38-39,44,51-53,58,80,83H,5-11,16-21,23,26,28-30,67H2,1-4H3,(H,69,84)(H,75,81)(H,70,71,74)/t39-,44+,51-,52+,60-/m1/s1. The number of alkyl halides is 4. The molecule has 0 saturated carbocycles. The number of hydrogen-bond acceptors (Lipinski definition) is 16. The number of benzene rings is 2. The zero-order valence-corrected chi connectivity index (χ0v) is 49.7. The number of fused-ring (bicyclic) bond motifs is 1.